The zero-order chi connectivity index (χ0) is 13.8. The van der Waals surface area contributed by atoms with Crippen LogP contribution in [0.4, 0.5) is 0 Å². The van der Waals surface area contributed by atoms with Crippen molar-refractivity contribution in [1.82, 2.24) is 5.32 Å². The van der Waals surface area contributed by atoms with Crippen molar-refractivity contribution >= 4 is 0 Å². The highest BCUT2D eigenvalue weighted by Crippen LogP contribution is 2.29. The molecular formula is C18H21NO. The lowest BCUT2D eigenvalue weighted by atomic mass is 9.88. The predicted molar refractivity (Wildman–Crippen MR) is 82.5 cm³/mol. The van der Waals surface area contributed by atoms with E-state index in [2.05, 4.69) is 53.8 Å². The van der Waals surface area contributed by atoms with Gasteiger partial charge in [0.15, 0.2) is 0 Å². The molecule has 3 rings (SSSR count). The second kappa shape index (κ2) is 6.10. The smallest absolute Gasteiger partial charge is 0.119 e. The fourth-order valence-electron chi connectivity index (χ4n) is 3.00. The number of hydrogen-bond donors (Lipinski definition) is 1. The standard InChI is InChI=1S/C18H21NO/c1-20-17-8-7-15-9-10-19-13-16(18(15)12-17)11-14-5-3-2-4-6-14/h2-8,12,16,19H,9-11,13H2,1H3. The Morgan fingerprint density at radius 3 is 2.80 bits per heavy atom. The van der Waals surface area contributed by atoms with Gasteiger partial charge < -0.3 is 10.1 Å². The van der Waals surface area contributed by atoms with Gasteiger partial charge in [-0.1, -0.05) is 36.4 Å². The van der Waals surface area contributed by atoms with Gasteiger partial charge in [-0.05, 0) is 48.2 Å². The number of hydrogen-bond acceptors (Lipinski definition) is 2. The van der Waals surface area contributed by atoms with Gasteiger partial charge in [0.2, 0.25) is 0 Å². The van der Waals surface area contributed by atoms with Gasteiger partial charge in [0.05, 0.1) is 7.11 Å². The first kappa shape index (κ1) is 13.2. The molecule has 104 valence electrons. The van der Waals surface area contributed by atoms with E-state index in [0.717, 1.165) is 31.7 Å². The van der Waals surface area contributed by atoms with Crippen LogP contribution < -0.4 is 10.1 Å². The minimum absolute atomic E-state index is 0.519. The normalized spacial score (nSPS) is 18.1. The largest absolute Gasteiger partial charge is 0.497 e. The molecule has 0 amide bonds. The number of ether oxygens (including phenoxy) is 1. The quantitative estimate of drug-likeness (QED) is 0.922. The summed E-state index contributed by atoms with van der Waals surface area (Å²) in [7, 11) is 1.74. The van der Waals surface area contributed by atoms with Crippen LogP contribution in [0, 0.1) is 0 Å². The summed E-state index contributed by atoms with van der Waals surface area (Å²) in [5, 5.41) is 3.56. The summed E-state index contributed by atoms with van der Waals surface area (Å²) < 4.78 is 5.40. The molecule has 0 fully saturated rings. The number of methoxy groups -OCH3 is 1. The topological polar surface area (TPSA) is 21.3 Å². The lowest BCUT2D eigenvalue weighted by Crippen LogP contribution is -2.21. The SMILES string of the molecule is COc1ccc2c(c1)C(Cc1ccccc1)CNCC2. The third-order valence-corrected chi connectivity index (χ3v) is 4.08. The van der Waals surface area contributed by atoms with Gasteiger partial charge >= 0.3 is 0 Å². The first-order chi connectivity index (χ1) is 9.86. The van der Waals surface area contributed by atoms with Crippen LogP contribution >= 0.6 is 0 Å². The average Bonchev–Trinajstić information content (AvgIpc) is 2.70. The molecule has 1 heterocycles. The second-order valence-electron chi connectivity index (χ2n) is 5.41. The van der Waals surface area contributed by atoms with E-state index < -0.39 is 0 Å². The van der Waals surface area contributed by atoms with E-state index in [1.165, 1.54) is 16.7 Å². The number of rotatable bonds is 3. The van der Waals surface area contributed by atoms with Gasteiger partial charge in [-0.25, -0.2) is 0 Å². The van der Waals surface area contributed by atoms with Gasteiger partial charge in [-0.15, -0.1) is 0 Å². The molecule has 0 radical (unpaired) electrons. The van der Waals surface area contributed by atoms with Crippen molar-refractivity contribution in [3.63, 3.8) is 0 Å². The summed E-state index contributed by atoms with van der Waals surface area (Å²) in [6.45, 7) is 2.10. The maximum atomic E-state index is 5.40. The van der Waals surface area contributed by atoms with Gasteiger partial charge in [-0.3, -0.25) is 0 Å². The van der Waals surface area contributed by atoms with Crippen LogP contribution in [0.3, 0.4) is 0 Å². The van der Waals surface area contributed by atoms with Gasteiger partial charge in [-0.2, -0.15) is 0 Å². The Morgan fingerprint density at radius 1 is 1.15 bits per heavy atom. The lowest BCUT2D eigenvalue weighted by Gasteiger charge is -2.18. The van der Waals surface area contributed by atoms with E-state index in [9.17, 15) is 0 Å². The van der Waals surface area contributed by atoms with E-state index in [1.807, 2.05) is 0 Å². The van der Waals surface area contributed by atoms with Crippen LogP contribution in [-0.4, -0.2) is 20.2 Å². The summed E-state index contributed by atoms with van der Waals surface area (Å²) in [5.74, 6) is 1.48. The molecule has 2 nitrogen and oxygen atoms in total. The molecular weight excluding hydrogens is 246 g/mol. The van der Waals surface area contributed by atoms with E-state index in [1.54, 1.807) is 7.11 Å². The molecule has 0 spiro atoms. The molecule has 2 aromatic carbocycles. The molecule has 0 aliphatic carbocycles. The Bertz CT molecular complexity index is 565. The molecule has 2 heteroatoms. The minimum Gasteiger partial charge on any atom is -0.497 e. The fraction of sp³-hybridized carbons (Fsp3) is 0.333. The van der Waals surface area contributed by atoms with Crippen molar-refractivity contribution in [3.05, 3.63) is 65.2 Å². The fourth-order valence-corrected chi connectivity index (χ4v) is 3.00. The first-order valence-electron chi connectivity index (χ1n) is 7.28. The lowest BCUT2D eigenvalue weighted by molar-refractivity contribution is 0.413. The molecule has 1 N–H and O–H groups in total. The summed E-state index contributed by atoms with van der Waals surface area (Å²) in [6.07, 6.45) is 2.18. The summed E-state index contributed by atoms with van der Waals surface area (Å²) >= 11 is 0. The van der Waals surface area contributed by atoms with Gasteiger partial charge in [0.25, 0.3) is 0 Å². The van der Waals surface area contributed by atoms with Crippen molar-refractivity contribution in [3.8, 4) is 5.75 Å². The molecule has 0 saturated heterocycles. The molecule has 2 aromatic rings. The zero-order valence-electron chi connectivity index (χ0n) is 11.9. The van der Waals surface area contributed by atoms with Crippen molar-refractivity contribution in [1.29, 1.82) is 0 Å². The molecule has 1 aliphatic heterocycles. The molecule has 0 aromatic heterocycles. The van der Waals surface area contributed by atoms with Crippen LogP contribution in [0.1, 0.15) is 22.6 Å². The highest BCUT2D eigenvalue weighted by molar-refractivity contribution is 5.40. The molecule has 20 heavy (non-hydrogen) atoms. The average molecular weight is 267 g/mol. The maximum absolute atomic E-state index is 5.40. The van der Waals surface area contributed by atoms with Crippen LogP contribution in [0.2, 0.25) is 0 Å². The molecule has 1 unspecified atom stereocenters. The Balaban J connectivity index is 1.91. The van der Waals surface area contributed by atoms with Crippen LogP contribution in [-0.2, 0) is 12.8 Å². The second-order valence-corrected chi connectivity index (χ2v) is 5.41. The van der Waals surface area contributed by atoms with E-state index in [4.69, 9.17) is 4.74 Å². The molecule has 0 saturated carbocycles. The van der Waals surface area contributed by atoms with E-state index >= 15 is 0 Å². The number of nitrogens with one attached hydrogen (secondary N) is 1. The van der Waals surface area contributed by atoms with Crippen LogP contribution in [0.25, 0.3) is 0 Å². The highest BCUT2D eigenvalue weighted by atomic mass is 16.5. The van der Waals surface area contributed by atoms with Crippen molar-refractivity contribution in [2.45, 2.75) is 18.8 Å². The summed E-state index contributed by atoms with van der Waals surface area (Å²) in [4.78, 5) is 0. The molecule has 1 atom stereocenters. The predicted octanol–water partition coefficient (Wildman–Crippen LogP) is 3.17. The Hall–Kier alpha value is -1.80. The van der Waals surface area contributed by atoms with Crippen molar-refractivity contribution in [2.24, 2.45) is 0 Å². The minimum atomic E-state index is 0.519. The third kappa shape index (κ3) is 2.86. The molecule has 1 aliphatic rings. The number of benzene rings is 2. The van der Waals surface area contributed by atoms with E-state index in [0.29, 0.717) is 5.92 Å². The Morgan fingerprint density at radius 2 is 2.00 bits per heavy atom. The van der Waals surface area contributed by atoms with E-state index in [-0.39, 0.29) is 0 Å². The number of fused-ring (bicyclic) bond motifs is 1. The summed E-state index contributed by atoms with van der Waals surface area (Å²) in [5.41, 5.74) is 4.30. The summed E-state index contributed by atoms with van der Waals surface area (Å²) in [6, 6.07) is 17.2. The molecule has 0 bridgehead atoms. The Labute approximate surface area is 120 Å². The van der Waals surface area contributed by atoms with Gasteiger partial charge in [0, 0.05) is 12.5 Å². The third-order valence-electron chi connectivity index (χ3n) is 4.08. The Kier molecular flexibility index (Phi) is 4.03. The van der Waals surface area contributed by atoms with Crippen molar-refractivity contribution < 1.29 is 4.74 Å². The van der Waals surface area contributed by atoms with Crippen LogP contribution in [0.5, 0.6) is 5.75 Å². The highest BCUT2D eigenvalue weighted by Gasteiger charge is 2.19. The zero-order valence-corrected chi connectivity index (χ0v) is 11.9. The van der Waals surface area contributed by atoms with Crippen molar-refractivity contribution in [2.75, 3.05) is 20.2 Å². The van der Waals surface area contributed by atoms with Gasteiger partial charge in [0.1, 0.15) is 5.75 Å². The monoisotopic (exact) mass is 267 g/mol. The maximum Gasteiger partial charge on any atom is 0.119 e. The first-order valence-corrected chi connectivity index (χ1v) is 7.28. The van der Waals surface area contributed by atoms with Crippen LogP contribution in [0.15, 0.2) is 48.5 Å².